The van der Waals surface area contributed by atoms with Gasteiger partial charge < -0.3 is 10.1 Å². The lowest BCUT2D eigenvalue weighted by atomic mass is 9.98. The molecule has 1 fully saturated rings. The fourth-order valence-corrected chi connectivity index (χ4v) is 4.62. The summed E-state index contributed by atoms with van der Waals surface area (Å²) in [5.41, 5.74) is -0.264. The molecular weight excluding hydrogens is 390 g/mol. The summed E-state index contributed by atoms with van der Waals surface area (Å²) in [6, 6.07) is 8.75. The molecule has 1 amide bonds. The van der Waals surface area contributed by atoms with Gasteiger partial charge in [0, 0.05) is 19.2 Å². The van der Waals surface area contributed by atoms with Crippen LogP contribution in [0.2, 0.25) is 0 Å². The number of halogens is 2. The predicted molar refractivity (Wildman–Crippen MR) is 99.5 cm³/mol. The number of carbonyl (C=O) groups is 1. The number of benzene rings is 2. The zero-order valence-electron chi connectivity index (χ0n) is 15.2. The average Bonchev–Trinajstić information content (AvgIpc) is 2.71. The van der Waals surface area contributed by atoms with Gasteiger partial charge in [-0.15, -0.1) is 0 Å². The summed E-state index contributed by atoms with van der Waals surface area (Å²) < 4.78 is 59.0. The third-order valence-electron chi connectivity index (χ3n) is 4.64. The third-order valence-corrected chi connectivity index (χ3v) is 6.52. The topological polar surface area (TPSA) is 75.7 Å². The number of sulfonamides is 1. The van der Waals surface area contributed by atoms with E-state index in [0.29, 0.717) is 18.6 Å². The molecule has 0 bridgehead atoms. The Morgan fingerprint density at radius 1 is 1.18 bits per heavy atom. The molecule has 2 aromatic carbocycles. The second-order valence-electron chi connectivity index (χ2n) is 6.49. The lowest BCUT2D eigenvalue weighted by Crippen LogP contribution is -2.43. The summed E-state index contributed by atoms with van der Waals surface area (Å²) in [7, 11) is -2.29. The van der Waals surface area contributed by atoms with Crippen LogP contribution in [0, 0.1) is 17.6 Å². The maximum Gasteiger partial charge on any atom is 0.243 e. The zero-order valence-corrected chi connectivity index (χ0v) is 16.0. The number of anilines is 1. The van der Waals surface area contributed by atoms with Crippen LogP contribution in [0.3, 0.4) is 0 Å². The molecule has 0 unspecified atom stereocenters. The van der Waals surface area contributed by atoms with Crippen molar-refractivity contribution in [2.75, 3.05) is 25.5 Å². The molecule has 2 aromatic rings. The van der Waals surface area contributed by atoms with Gasteiger partial charge in [-0.05, 0) is 49.2 Å². The number of ether oxygens (including phenoxy) is 1. The Balaban J connectivity index is 1.73. The number of methoxy groups -OCH3 is 1. The Hall–Kier alpha value is -2.52. The fourth-order valence-electron chi connectivity index (χ4n) is 3.10. The zero-order chi connectivity index (χ0) is 20.3. The molecule has 150 valence electrons. The molecule has 0 saturated carbocycles. The maximum absolute atomic E-state index is 13.7. The van der Waals surface area contributed by atoms with Crippen LogP contribution in [0.15, 0.2) is 47.4 Å². The van der Waals surface area contributed by atoms with Crippen LogP contribution in [0.1, 0.15) is 12.8 Å². The van der Waals surface area contributed by atoms with Crippen molar-refractivity contribution in [3.05, 3.63) is 54.1 Å². The van der Waals surface area contributed by atoms with Gasteiger partial charge in [0.2, 0.25) is 15.9 Å². The van der Waals surface area contributed by atoms with Crippen molar-refractivity contribution in [3.63, 3.8) is 0 Å². The molecule has 1 aliphatic heterocycles. The first-order valence-corrected chi connectivity index (χ1v) is 10.2. The molecule has 3 rings (SSSR count). The highest BCUT2D eigenvalue weighted by molar-refractivity contribution is 7.89. The van der Waals surface area contributed by atoms with E-state index in [0.717, 1.165) is 18.2 Å². The molecule has 0 aromatic heterocycles. The van der Waals surface area contributed by atoms with Crippen LogP contribution in [0.4, 0.5) is 14.5 Å². The van der Waals surface area contributed by atoms with Gasteiger partial charge in [-0.25, -0.2) is 17.2 Å². The van der Waals surface area contributed by atoms with Crippen LogP contribution in [-0.4, -0.2) is 38.8 Å². The third kappa shape index (κ3) is 4.31. The Labute approximate surface area is 162 Å². The van der Waals surface area contributed by atoms with Crippen LogP contribution in [-0.2, 0) is 14.8 Å². The van der Waals surface area contributed by atoms with Crippen LogP contribution < -0.4 is 10.1 Å². The van der Waals surface area contributed by atoms with Crippen molar-refractivity contribution < 1.29 is 26.7 Å². The smallest absolute Gasteiger partial charge is 0.243 e. The lowest BCUT2D eigenvalue weighted by Gasteiger charge is -2.31. The van der Waals surface area contributed by atoms with Gasteiger partial charge in [-0.3, -0.25) is 4.79 Å². The van der Waals surface area contributed by atoms with Gasteiger partial charge in [-0.2, -0.15) is 4.31 Å². The van der Waals surface area contributed by atoms with Gasteiger partial charge in [0.05, 0.1) is 23.6 Å². The Morgan fingerprint density at radius 2 is 1.89 bits per heavy atom. The van der Waals surface area contributed by atoms with E-state index < -0.39 is 33.5 Å². The molecule has 1 atom stereocenters. The highest BCUT2D eigenvalue weighted by atomic mass is 32.2. The standard InChI is InChI=1S/C19H20F2N2O4S/c1-27-15-5-7-16(8-6-15)28(25,26)23-10-2-3-13(12-23)19(24)22-18-11-14(20)4-9-17(18)21/h4-9,11,13H,2-3,10,12H2,1H3,(H,22,24)/t13-/m0/s1. The minimum absolute atomic E-state index is 0.0306. The second kappa shape index (κ2) is 8.24. The SMILES string of the molecule is COc1ccc(S(=O)(=O)N2CCC[C@H](C(=O)Nc3cc(F)ccc3F)C2)cc1. The van der Waals surface area contributed by atoms with Gasteiger partial charge in [0.15, 0.2) is 0 Å². The van der Waals surface area contributed by atoms with E-state index in [2.05, 4.69) is 5.32 Å². The van der Waals surface area contributed by atoms with E-state index in [1.54, 1.807) is 12.1 Å². The molecule has 28 heavy (non-hydrogen) atoms. The van der Waals surface area contributed by atoms with Crippen molar-refractivity contribution in [3.8, 4) is 5.75 Å². The van der Waals surface area contributed by atoms with Crippen molar-refractivity contribution >= 4 is 21.6 Å². The summed E-state index contributed by atoms with van der Waals surface area (Å²) in [5.74, 6) is -2.10. The van der Waals surface area contributed by atoms with E-state index in [9.17, 15) is 22.0 Å². The van der Waals surface area contributed by atoms with Crippen molar-refractivity contribution in [1.82, 2.24) is 4.31 Å². The number of piperidine rings is 1. The van der Waals surface area contributed by atoms with Crippen molar-refractivity contribution in [2.24, 2.45) is 5.92 Å². The summed E-state index contributed by atoms with van der Waals surface area (Å²) >= 11 is 0. The minimum Gasteiger partial charge on any atom is -0.497 e. The van der Waals surface area contributed by atoms with Crippen LogP contribution in [0.25, 0.3) is 0 Å². The largest absolute Gasteiger partial charge is 0.497 e. The number of hydrogen-bond acceptors (Lipinski definition) is 4. The van der Waals surface area contributed by atoms with Gasteiger partial charge >= 0.3 is 0 Å². The molecule has 0 radical (unpaired) electrons. The van der Waals surface area contributed by atoms with Crippen molar-refractivity contribution in [1.29, 1.82) is 0 Å². The highest BCUT2D eigenvalue weighted by Gasteiger charge is 2.33. The Morgan fingerprint density at radius 3 is 2.57 bits per heavy atom. The average molecular weight is 410 g/mol. The van der Waals surface area contributed by atoms with E-state index >= 15 is 0 Å². The summed E-state index contributed by atoms with van der Waals surface area (Å²) in [6.07, 6.45) is 0.941. The summed E-state index contributed by atoms with van der Waals surface area (Å²) in [6.45, 7) is 0.254. The Bertz CT molecular complexity index is 964. The first kappa shape index (κ1) is 20.2. The minimum atomic E-state index is -3.78. The molecule has 9 heteroatoms. The van der Waals surface area contributed by atoms with E-state index in [1.807, 2.05) is 0 Å². The number of hydrogen-bond donors (Lipinski definition) is 1. The summed E-state index contributed by atoms with van der Waals surface area (Å²) in [5, 5.41) is 2.36. The van der Waals surface area contributed by atoms with E-state index in [4.69, 9.17) is 4.74 Å². The molecule has 0 aliphatic carbocycles. The van der Waals surface area contributed by atoms with E-state index in [-0.39, 0.29) is 23.7 Å². The first-order valence-electron chi connectivity index (χ1n) is 8.71. The predicted octanol–water partition coefficient (Wildman–Crippen LogP) is 3.01. The van der Waals surface area contributed by atoms with Gasteiger partial charge in [-0.1, -0.05) is 0 Å². The second-order valence-corrected chi connectivity index (χ2v) is 8.43. The van der Waals surface area contributed by atoms with Gasteiger partial charge in [0.25, 0.3) is 0 Å². The van der Waals surface area contributed by atoms with Crippen LogP contribution >= 0.6 is 0 Å². The fraction of sp³-hybridized carbons (Fsp3) is 0.316. The monoisotopic (exact) mass is 410 g/mol. The number of nitrogens with one attached hydrogen (secondary N) is 1. The number of amides is 1. The number of carbonyl (C=O) groups excluding carboxylic acids is 1. The number of nitrogens with zero attached hydrogens (tertiary/aromatic N) is 1. The van der Waals surface area contributed by atoms with Gasteiger partial charge in [0.1, 0.15) is 17.4 Å². The van der Waals surface area contributed by atoms with E-state index in [1.165, 1.54) is 23.5 Å². The molecule has 1 saturated heterocycles. The first-order chi connectivity index (χ1) is 13.3. The molecule has 1 N–H and O–H groups in total. The highest BCUT2D eigenvalue weighted by Crippen LogP contribution is 2.26. The quantitative estimate of drug-likeness (QED) is 0.822. The molecule has 1 heterocycles. The normalized spacial score (nSPS) is 17.9. The van der Waals surface area contributed by atoms with Crippen molar-refractivity contribution in [2.45, 2.75) is 17.7 Å². The van der Waals surface area contributed by atoms with Crippen LogP contribution in [0.5, 0.6) is 5.75 Å². The lowest BCUT2D eigenvalue weighted by molar-refractivity contribution is -0.120. The maximum atomic E-state index is 13.7. The molecule has 1 aliphatic rings. The molecule has 6 nitrogen and oxygen atoms in total. The molecular formula is C19H20F2N2O4S. The molecule has 0 spiro atoms. The summed E-state index contributed by atoms with van der Waals surface area (Å²) in [4.78, 5) is 12.6. The number of rotatable bonds is 5. The Kier molecular flexibility index (Phi) is 5.95.